The van der Waals surface area contributed by atoms with Crippen LogP contribution in [-0.4, -0.2) is 22.2 Å². The van der Waals surface area contributed by atoms with Gasteiger partial charge in [0.2, 0.25) is 0 Å². The van der Waals surface area contributed by atoms with E-state index < -0.39 is 23.2 Å². The Hall–Kier alpha value is -2.45. The number of benzene rings is 2. The summed E-state index contributed by atoms with van der Waals surface area (Å²) in [4.78, 5) is 21.3. The quantitative estimate of drug-likeness (QED) is 0.494. The van der Waals surface area contributed by atoms with Crippen LogP contribution >= 0.6 is 15.9 Å². The molecule has 7 nitrogen and oxygen atoms in total. The average Bonchev–Trinajstić information content (AvgIpc) is 2.61. The number of hydrogen-bond acceptors (Lipinski definition) is 5. The van der Waals surface area contributed by atoms with Gasteiger partial charge in [-0.3, -0.25) is 10.1 Å². The molecule has 0 saturated carbocycles. The molecule has 0 aliphatic rings. The fourth-order valence-electron chi connectivity index (χ4n) is 2.60. The van der Waals surface area contributed by atoms with Gasteiger partial charge in [-0.15, -0.1) is 0 Å². The number of carbonyl (C=O) groups is 1. The maximum absolute atomic E-state index is 11.2. The third-order valence-electron chi connectivity index (χ3n) is 3.93. The van der Waals surface area contributed by atoms with Crippen LogP contribution in [0.4, 0.5) is 10.5 Å². The van der Waals surface area contributed by atoms with Crippen LogP contribution in [0.15, 0.2) is 53.0 Å². The molecule has 3 N–H and O–H groups in total. The fraction of sp³-hybridized carbons (Fsp3) is 0.278. The van der Waals surface area contributed by atoms with Gasteiger partial charge in [0.25, 0.3) is 5.69 Å². The van der Waals surface area contributed by atoms with Gasteiger partial charge >= 0.3 is 6.09 Å². The number of nitro groups is 1. The number of aliphatic hydroxyl groups is 1. The van der Waals surface area contributed by atoms with Crippen molar-refractivity contribution in [2.75, 3.05) is 0 Å². The highest BCUT2D eigenvalue weighted by Gasteiger charge is 2.24. The number of nitrogens with two attached hydrogens (primary N) is 1. The van der Waals surface area contributed by atoms with Crippen molar-refractivity contribution in [3.63, 3.8) is 0 Å². The maximum atomic E-state index is 11.2. The zero-order valence-corrected chi connectivity index (χ0v) is 15.5. The predicted molar refractivity (Wildman–Crippen MR) is 99.6 cm³/mol. The lowest BCUT2D eigenvalue weighted by atomic mass is 9.98. The molecule has 1 amide bonds. The lowest BCUT2D eigenvalue weighted by Gasteiger charge is -2.22. The molecule has 0 bridgehead atoms. The minimum absolute atomic E-state index is 0.0800. The number of carbonyl (C=O) groups excluding carboxylic acids is 1. The van der Waals surface area contributed by atoms with Gasteiger partial charge in [0, 0.05) is 16.6 Å². The van der Waals surface area contributed by atoms with E-state index in [0.29, 0.717) is 18.4 Å². The molecule has 0 fully saturated rings. The highest BCUT2D eigenvalue weighted by Crippen LogP contribution is 2.25. The lowest BCUT2D eigenvalue weighted by Crippen LogP contribution is -2.28. The van der Waals surface area contributed by atoms with E-state index in [4.69, 9.17) is 10.5 Å². The zero-order valence-electron chi connectivity index (χ0n) is 13.9. The molecule has 1 unspecified atom stereocenters. The van der Waals surface area contributed by atoms with Crippen molar-refractivity contribution < 1.29 is 19.6 Å². The molecule has 0 saturated heterocycles. The normalized spacial score (nSPS) is 13.0. The first-order valence-electron chi connectivity index (χ1n) is 8.00. The number of rotatable bonds is 8. The Kier molecular flexibility index (Phi) is 7.11. The topological polar surface area (TPSA) is 116 Å². The second-order valence-corrected chi connectivity index (χ2v) is 6.70. The minimum atomic E-state index is -1.12. The van der Waals surface area contributed by atoms with Crippen LogP contribution in [0.2, 0.25) is 0 Å². The first kappa shape index (κ1) is 19.9. The molecular formula is C18H19BrN2O5. The second-order valence-electron chi connectivity index (χ2n) is 5.79. The molecule has 0 aliphatic carbocycles. The Bertz CT molecular complexity index is 749. The summed E-state index contributed by atoms with van der Waals surface area (Å²) in [6, 6.07) is 13.3. The van der Waals surface area contributed by atoms with E-state index in [0.717, 1.165) is 16.5 Å². The summed E-state index contributed by atoms with van der Waals surface area (Å²) >= 11 is 3.38. The molecule has 0 heterocycles. The summed E-state index contributed by atoms with van der Waals surface area (Å²) in [5.41, 5.74) is 6.57. The molecule has 2 aromatic rings. The smallest absolute Gasteiger partial charge is 0.404 e. The summed E-state index contributed by atoms with van der Waals surface area (Å²) in [5, 5.41) is 21.2. The van der Waals surface area contributed by atoms with Gasteiger partial charge in [-0.1, -0.05) is 28.1 Å². The van der Waals surface area contributed by atoms with Crippen LogP contribution in [0.1, 0.15) is 30.1 Å². The highest BCUT2D eigenvalue weighted by atomic mass is 79.9. The number of ether oxygens (including phenoxy) is 1. The maximum Gasteiger partial charge on any atom is 0.404 e. The predicted octanol–water partition coefficient (Wildman–Crippen LogP) is 3.88. The van der Waals surface area contributed by atoms with E-state index in [-0.39, 0.29) is 5.69 Å². The first-order chi connectivity index (χ1) is 12.4. The van der Waals surface area contributed by atoms with Crippen molar-refractivity contribution in [1.82, 2.24) is 0 Å². The van der Waals surface area contributed by atoms with E-state index in [2.05, 4.69) is 15.9 Å². The van der Waals surface area contributed by atoms with Crippen molar-refractivity contribution in [2.45, 2.75) is 31.5 Å². The van der Waals surface area contributed by atoms with E-state index in [1.54, 1.807) is 0 Å². The molecule has 2 aromatic carbocycles. The molecule has 0 aromatic heterocycles. The second kappa shape index (κ2) is 9.30. The Morgan fingerprint density at radius 3 is 2.35 bits per heavy atom. The monoisotopic (exact) mass is 422 g/mol. The van der Waals surface area contributed by atoms with Crippen molar-refractivity contribution in [3.8, 4) is 0 Å². The average molecular weight is 423 g/mol. The fourth-order valence-corrected chi connectivity index (χ4v) is 2.86. The molecule has 138 valence electrons. The van der Waals surface area contributed by atoms with Gasteiger partial charge in [0.1, 0.15) is 12.2 Å². The molecule has 0 aliphatic heterocycles. The summed E-state index contributed by atoms with van der Waals surface area (Å²) < 4.78 is 6.04. The van der Waals surface area contributed by atoms with Crippen LogP contribution in [0, 0.1) is 10.1 Å². The molecule has 2 atom stereocenters. The number of aryl methyl sites for hydroxylation is 1. The van der Waals surface area contributed by atoms with Gasteiger partial charge in [-0.25, -0.2) is 4.79 Å². The number of aliphatic hydroxyl groups excluding tert-OH is 1. The highest BCUT2D eigenvalue weighted by molar-refractivity contribution is 9.10. The van der Waals surface area contributed by atoms with Crippen LogP contribution in [0.25, 0.3) is 0 Å². The molecule has 8 heteroatoms. The number of halogens is 1. The van der Waals surface area contributed by atoms with Gasteiger partial charge < -0.3 is 15.6 Å². The largest absolute Gasteiger partial charge is 0.443 e. The molecule has 2 rings (SSSR count). The molecular weight excluding hydrogens is 404 g/mol. The van der Waals surface area contributed by atoms with Crippen LogP contribution in [-0.2, 0) is 11.2 Å². The van der Waals surface area contributed by atoms with Gasteiger partial charge in [0.05, 0.1) is 4.92 Å². The summed E-state index contributed by atoms with van der Waals surface area (Å²) in [5.74, 6) is 0. The molecule has 0 radical (unpaired) electrons. The number of nitrogens with zero attached hydrogens (tertiary/aromatic N) is 1. The van der Waals surface area contributed by atoms with Gasteiger partial charge in [-0.2, -0.15) is 0 Å². The number of non-ortho nitro benzene ring substituents is 1. The van der Waals surface area contributed by atoms with E-state index in [9.17, 15) is 20.0 Å². The van der Waals surface area contributed by atoms with Gasteiger partial charge in [0.15, 0.2) is 0 Å². The van der Waals surface area contributed by atoms with Gasteiger partial charge in [-0.05, 0) is 54.7 Å². The Balaban J connectivity index is 2.01. The van der Waals surface area contributed by atoms with Crippen LogP contribution < -0.4 is 5.73 Å². The minimum Gasteiger partial charge on any atom is -0.443 e. The Morgan fingerprint density at radius 1 is 1.19 bits per heavy atom. The van der Waals surface area contributed by atoms with Crippen molar-refractivity contribution in [1.29, 1.82) is 0 Å². The van der Waals surface area contributed by atoms with Crippen LogP contribution in [0.3, 0.4) is 0 Å². The van der Waals surface area contributed by atoms with E-state index >= 15 is 0 Å². The number of amides is 1. The first-order valence-corrected chi connectivity index (χ1v) is 8.79. The van der Waals surface area contributed by atoms with Crippen LogP contribution in [0.5, 0.6) is 0 Å². The Morgan fingerprint density at radius 2 is 1.81 bits per heavy atom. The van der Waals surface area contributed by atoms with E-state index in [1.807, 2.05) is 24.3 Å². The SMILES string of the molecule is NC(=O)OC(CCCc1ccc(Br)cc1)[C@H](O)c1ccc([N+](=O)[O-])cc1. The van der Waals surface area contributed by atoms with Crippen molar-refractivity contribution in [3.05, 3.63) is 74.2 Å². The van der Waals surface area contributed by atoms with Crippen molar-refractivity contribution in [2.24, 2.45) is 5.73 Å². The summed E-state index contributed by atoms with van der Waals surface area (Å²) in [7, 11) is 0. The lowest BCUT2D eigenvalue weighted by molar-refractivity contribution is -0.384. The summed E-state index contributed by atoms with van der Waals surface area (Å²) in [6.07, 6.45) is -1.10. The van der Waals surface area contributed by atoms with Crippen molar-refractivity contribution >= 4 is 27.7 Å². The zero-order chi connectivity index (χ0) is 19.1. The number of primary amides is 1. The third-order valence-corrected chi connectivity index (χ3v) is 4.46. The third kappa shape index (κ3) is 5.82. The Labute approximate surface area is 159 Å². The molecule has 0 spiro atoms. The standard InChI is InChI=1S/C18H19BrN2O5/c19-14-8-4-12(5-9-14)2-1-3-16(26-18(20)23)17(22)13-6-10-15(11-7-13)21(24)25/h4-11,16-17,22H,1-3H2,(H2,20,23)/t16?,17-/m1/s1. The molecule has 26 heavy (non-hydrogen) atoms. The summed E-state index contributed by atoms with van der Waals surface area (Å²) in [6.45, 7) is 0. The van der Waals surface area contributed by atoms with E-state index in [1.165, 1.54) is 24.3 Å². The number of hydrogen-bond donors (Lipinski definition) is 2. The number of nitro benzene ring substituents is 1.